The number of ether oxygens (including phenoxy) is 1. The van der Waals surface area contributed by atoms with E-state index in [4.69, 9.17) is 16.3 Å². The van der Waals surface area contributed by atoms with Crippen LogP contribution in [0.15, 0.2) is 35.3 Å². The van der Waals surface area contributed by atoms with E-state index in [-0.39, 0.29) is 0 Å². The Bertz CT molecular complexity index is 714. The highest BCUT2D eigenvalue weighted by atomic mass is 35.5. The van der Waals surface area contributed by atoms with Crippen LogP contribution in [0.1, 0.15) is 24.7 Å². The third-order valence-corrected chi connectivity index (χ3v) is 4.05. The third-order valence-electron chi connectivity index (χ3n) is 3.73. The van der Waals surface area contributed by atoms with E-state index < -0.39 is 0 Å². The molecule has 0 radical (unpaired) electrons. The van der Waals surface area contributed by atoms with Gasteiger partial charge in [0.2, 0.25) is 0 Å². The zero-order valence-electron chi connectivity index (χ0n) is 15.8. The van der Waals surface area contributed by atoms with Crippen LogP contribution < -0.4 is 15.4 Å². The van der Waals surface area contributed by atoms with Crippen molar-refractivity contribution in [2.24, 2.45) is 4.99 Å². The number of aromatic nitrogens is 2. The normalized spacial score (nSPS) is 11.5. The SMILES string of the molecule is CCNC(=NCCCn1nc(C)cc1C)NCCOc1ccccc1Cl. The molecule has 6 nitrogen and oxygen atoms in total. The maximum Gasteiger partial charge on any atom is 0.191 e. The van der Waals surface area contributed by atoms with Crippen LogP contribution in [0, 0.1) is 13.8 Å². The summed E-state index contributed by atoms with van der Waals surface area (Å²) in [5, 5.41) is 11.6. The van der Waals surface area contributed by atoms with Gasteiger partial charge in [0.05, 0.1) is 17.3 Å². The highest BCUT2D eigenvalue weighted by Gasteiger charge is 2.02. The summed E-state index contributed by atoms with van der Waals surface area (Å²) in [7, 11) is 0. The summed E-state index contributed by atoms with van der Waals surface area (Å²) in [6.07, 6.45) is 0.939. The molecule has 0 aliphatic heterocycles. The first-order chi connectivity index (χ1) is 12.6. The largest absolute Gasteiger partial charge is 0.490 e. The fraction of sp³-hybridized carbons (Fsp3) is 0.474. The number of aliphatic imine (C=N–C) groups is 1. The Balaban J connectivity index is 1.72. The number of benzene rings is 1. The molecule has 0 bridgehead atoms. The zero-order valence-corrected chi connectivity index (χ0v) is 16.5. The Morgan fingerprint density at radius 1 is 1.27 bits per heavy atom. The van der Waals surface area contributed by atoms with E-state index in [1.54, 1.807) is 0 Å². The average Bonchev–Trinajstić information content (AvgIpc) is 2.94. The third kappa shape index (κ3) is 6.59. The second-order valence-corrected chi connectivity index (χ2v) is 6.38. The van der Waals surface area contributed by atoms with E-state index in [2.05, 4.69) is 33.7 Å². The molecule has 0 aliphatic rings. The highest BCUT2D eigenvalue weighted by molar-refractivity contribution is 6.32. The van der Waals surface area contributed by atoms with Gasteiger partial charge < -0.3 is 15.4 Å². The Morgan fingerprint density at radius 2 is 2.08 bits per heavy atom. The molecule has 7 heteroatoms. The Hall–Kier alpha value is -2.21. The molecule has 0 aliphatic carbocycles. The summed E-state index contributed by atoms with van der Waals surface area (Å²) in [5.74, 6) is 1.49. The molecule has 0 spiro atoms. The summed E-state index contributed by atoms with van der Waals surface area (Å²) in [6, 6.07) is 9.56. The number of hydrogen-bond acceptors (Lipinski definition) is 3. The van der Waals surface area contributed by atoms with Crippen LogP contribution in [-0.2, 0) is 6.54 Å². The van der Waals surface area contributed by atoms with Crippen LogP contribution in [-0.4, -0.2) is 42.0 Å². The lowest BCUT2D eigenvalue weighted by Crippen LogP contribution is -2.39. The highest BCUT2D eigenvalue weighted by Crippen LogP contribution is 2.22. The van der Waals surface area contributed by atoms with Crippen LogP contribution in [0.2, 0.25) is 5.02 Å². The minimum atomic E-state index is 0.514. The van der Waals surface area contributed by atoms with E-state index in [9.17, 15) is 0 Å². The van der Waals surface area contributed by atoms with Gasteiger partial charge in [-0.1, -0.05) is 23.7 Å². The van der Waals surface area contributed by atoms with Gasteiger partial charge in [0, 0.05) is 25.3 Å². The Kier molecular flexibility index (Phi) is 8.28. The number of rotatable bonds is 9. The fourth-order valence-corrected chi connectivity index (χ4v) is 2.74. The van der Waals surface area contributed by atoms with Crippen molar-refractivity contribution in [1.29, 1.82) is 0 Å². The molecular weight excluding hydrogens is 350 g/mol. The monoisotopic (exact) mass is 377 g/mol. The van der Waals surface area contributed by atoms with Gasteiger partial charge in [-0.15, -0.1) is 0 Å². The van der Waals surface area contributed by atoms with Crippen molar-refractivity contribution in [2.75, 3.05) is 26.2 Å². The maximum absolute atomic E-state index is 6.07. The molecule has 2 rings (SSSR count). The molecule has 0 atom stereocenters. The van der Waals surface area contributed by atoms with Crippen molar-refractivity contribution in [3.63, 3.8) is 0 Å². The topological polar surface area (TPSA) is 63.5 Å². The molecule has 0 saturated carbocycles. The van der Waals surface area contributed by atoms with Crippen molar-refractivity contribution in [3.8, 4) is 5.75 Å². The lowest BCUT2D eigenvalue weighted by atomic mass is 10.3. The second-order valence-electron chi connectivity index (χ2n) is 5.97. The molecule has 26 heavy (non-hydrogen) atoms. The number of hydrogen-bond donors (Lipinski definition) is 2. The predicted molar refractivity (Wildman–Crippen MR) is 107 cm³/mol. The first-order valence-corrected chi connectivity index (χ1v) is 9.38. The van der Waals surface area contributed by atoms with E-state index in [1.807, 2.05) is 42.8 Å². The van der Waals surface area contributed by atoms with Gasteiger partial charge in [-0.25, -0.2) is 0 Å². The van der Waals surface area contributed by atoms with E-state index in [1.165, 1.54) is 5.69 Å². The number of para-hydroxylation sites is 1. The number of guanidine groups is 1. The standard InChI is InChI=1S/C19H28ClN5O/c1-4-21-19(22-10-7-12-25-16(3)14-15(2)24-25)23-11-13-26-18-9-6-5-8-17(18)20/h5-6,8-9,14H,4,7,10-13H2,1-3H3,(H2,21,22,23). The molecule has 0 saturated heterocycles. The van der Waals surface area contributed by atoms with Gasteiger partial charge in [-0.05, 0) is 45.4 Å². The van der Waals surface area contributed by atoms with E-state index >= 15 is 0 Å². The number of nitrogens with zero attached hydrogens (tertiary/aromatic N) is 3. The maximum atomic E-state index is 6.07. The number of halogens is 1. The van der Waals surface area contributed by atoms with Crippen molar-refractivity contribution in [3.05, 3.63) is 46.7 Å². The van der Waals surface area contributed by atoms with Crippen molar-refractivity contribution in [2.45, 2.75) is 33.7 Å². The van der Waals surface area contributed by atoms with Crippen molar-refractivity contribution < 1.29 is 4.74 Å². The lowest BCUT2D eigenvalue weighted by molar-refractivity contribution is 0.322. The van der Waals surface area contributed by atoms with Gasteiger partial charge in [-0.2, -0.15) is 5.10 Å². The molecule has 1 aromatic heterocycles. The van der Waals surface area contributed by atoms with Crippen LogP contribution in [0.25, 0.3) is 0 Å². The minimum Gasteiger partial charge on any atom is -0.490 e. The molecule has 2 aromatic rings. The summed E-state index contributed by atoms with van der Waals surface area (Å²) in [5.41, 5.74) is 2.24. The van der Waals surface area contributed by atoms with Gasteiger partial charge in [-0.3, -0.25) is 9.67 Å². The molecular formula is C19H28ClN5O. The Morgan fingerprint density at radius 3 is 2.77 bits per heavy atom. The number of aryl methyl sites for hydroxylation is 3. The van der Waals surface area contributed by atoms with Crippen molar-refractivity contribution in [1.82, 2.24) is 20.4 Å². The molecule has 0 unspecified atom stereocenters. The summed E-state index contributed by atoms with van der Waals surface area (Å²) >= 11 is 6.07. The summed E-state index contributed by atoms with van der Waals surface area (Å²) in [4.78, 5) is 4.60. The quantitative estimate of drug-likeness (QED) is 0.400. The number of nitrogens with one attached hydrogen (secondary N) is 2. The lowest BCUT2D eigenvalue weighted by Gasteiger charge is -2.12. The molecule has 1 heterocycles. The predicted octanol–water partition coefficient (Wildman–Crippen LogP) is 3.18. The van der Waals surface area contributed by atoms with Gasteiger partial charge >= 0.3 is 0 Å². The molecule has 2 N–H and O–H groups in total. The van der Waals surface area contributed by atoms with Crippen molar-refractivity contribution >= 4 is 17.6 Å². The first kappa shape index (κ1) is 20.1. The average molecular weight is 378 g/mol. The molecule has 142 valence electrons. The smallest absolute Gasteiger partial charge is 0.191 e. The first-order valence-electron chi connectivity index (χ1n) is 9.00. The summed E-state index contributed by atoms with van der Waals surface area (Å²) < 4.78 is 7.71. The van der Waals surface area contributed by atoms with Gasteiger partial charge in [0.25, 0.3) is 0 Å². The minimum absolute atomic E-state index is 0.514. The van der Waals surface area contributed by atoms with Crippen LogP contribution in [0.3, 0.4) is 0 Å². The van der Waals surface area contributed by atoms with Gasteiger partial charge in [0.15, 0.2) is 5.96 Å². The fourth-order valence-electron chi connectivity index (χ4n) is 2.55. The Labute approximate surface area is 160 Å². The summed E-state index contributed by atoms with van der Waals surface area (Å²) in [6.45, 7) is 9.72. The second kappa shape index (κ2) is 10.7. The van der Waals surface area contributed by atoms with E-state index in [0.717, 1.165) is 37.7 Å². The molecule has 1 aromatic carbocycles. The van der Waals surface area contributed by atoms with Crippen LogP contribution >= 0.6 is 11.6 Å². The molecule has 0 amide bonds. The van der Waals surface area contributed by atoms with E-state index in [0.29, 0.717) is 23.9 Å². The zero-order chi connectivity index (χ0) is 18.8. The van der Waals surface area contributed by atoms with Gasteiger partial charge in [0.1, 0.15) is 12.4 Å². The molecule has 0 fully saturated rings. The van der Waals surface area contributed by atoms with Crippen LogP contribution in [0.5, 0.6) is 5.75 Å². The van der Waals surface area contributed by atoms with Crippen LogP contribution in [0.4, 0.5) is 0 Å².